The van der Waals surface area contributed by atoms with Crippen LogP contribution in [0.4, 0.5) is 0 Å². The minimum absolute atomic E-state index is 0.0188. The van der Waals surface area contributed by atoms with Crippen LogP contribution in [-0.2, 0) is 16.6 Å². The standard InChI is InChI=1S/C12H9N3O4S2/c13-5-9-2-4-11(20-9)21(18,19)15-7-8-1-3-10(12(16)17)14-6-8/h1-4,6,15H,7H2,(H,16,17). The van der Waals surface area contributed by atoms with Gasteiger partial charge in [-0.1, -0.05) is 6.07 Å². The molecular weight excluding hydrogens is 314 g/mol. The Kier molecular flexibility index (Phi) is 4.32. The first-order chi connectivity index (χ1) is 9.92. The van der Waals surface area contributed by atoms with Crippen LogP contribution in [0.15, 0.2) is 34.7 Å². The molecule has 0 aromatic carbocycles. The summed E-state index contributed by atoms with van der Waals surface area (Å²) < 4.78 is 26.4. The summed E-state index contributed by atoms with van der Waals surface area (Å²) in [6.45, 7) is -0.0188. The van der Waals surface area contributed by atoms with Gasteiger partial charge in [0.25, 0.3) is 0 Å². The number of thiophene rings is 1. The maximum absolute atomic E-state index is 12.0. The summed E-state index contributed by atoms with van der Waals surface area (Å²) >= 11 is 0.876. The molecule has 0 atom stereocenters. The van der Waals surface area contributed by atoms with Crippen molar-refractivity contribution in [2.75, 3.05) is 0 Å². The lowest BCUT2D eigenvalue weighted by atomic mass is 10.2. The lowest BCUT2D eigenvalue weighted by Crippen LogP contribution is -2.22. The fourth-order valence-electron chi connectivity index (χ4n) is 1.43. The minimum Gasteiger partial charge on any atom is -0.477 e. The molecule has 2 N–H and O–H groups in total. The average molecular weight is 323 g/mol. The molecule has 0 fully saturated rings. The molecule has 2 rings (SSSR count). The highest BCUT2D eigenvalue weighted by atomic mass is 32.2. The van der Waals surface area contributed by atoms with E-state index in [1.807, 2.05) is 6.07 Å². The Bertz CT molecular complexity index is 804. The summed E-state index contributed by atoms with van der Waals surface area (Å²) in [6.07, 6.45) is 1.29. The van der Waals surface area contributed by atoms with E-state index in [4.69, 9.17) is 10.4 Å². The maximum Gasteiger partial charge on any atom is 0.354 e. The molecule has 21 heavy (non-hydrogen) atoms. The van der Waals surface area contributed by atoms with Crippen molar-refractivity contribution in [2.45, 2.75) is 10.8 Å². The smallest absolute Gasteiger partial charge is 0.354 e. The van der Waals surface area contributed by atoms with E-state index in [-0.39, 0.29) is 16.4 Å². The quantitative estimate of drug-likeness (QED) is 0.852. The second-order valence-electron chi connectivity index (χ2n) is 3.91. The van der Waals surface area contributed by atoms with Crippen molar-refractivity contribution in [1.29, 1.82) is 5.26 Å². The number of rotatable bonds is 5. The topological polar surface area (TPSA) is 120 Å². The second kappa shape index (κ2) is 6.01. The van der Waals surface area contributed by atoms with E-state index in [2.05, 4.69) is 9.71 Å². The number of nitriles is 1. The highest BCUT2D eigenvalue weighted by molar-refractivity contribution is 7.91. The van der Waals surface area contributed by atoms with Gasteiger partial charge in [0.15, 0.2) is 0 Å². The Morgan fingerprint density at radius 1 is 1.38 bits per heavy atom. The van der Waals surface area contributed by atoms with Crippen LogP contribution in [0.2, 0.25) is 0 Å². The van der Waals surface area contributed by atoms with Crippen molar-refractivity contribution >= 4 is 27.3 Å². The molecule has 2 aromatic rings. The third-order valence-corrected chi connectivity index (χ3v) is 5.35. The summed E-state index contributed by atoms with van der Waals surface area (Å²) in [5.74, 6) is -1.15. The molecular formula is C12H9N3O4S2. The Morgan fingerprint density at radius 2 is 2.14 bits per heavy atom. The molecule has 108 valence electrons. The number of aromatic carboxylic acids is 1. The number of nitrogens with one attached hydrogen (secondary N) is 1. The van der Waals surface area contributed by atoms with Crippen LogP contribution in [0.3, 0.4) is 0 Å². The fourth-order valence-corrected chi connectivity index (χ4v) is 3.60. The lowest BCUT2D eigenvalue weighted by Gasteiger charge is -2.04. The maximum atomic E-state index is 12.0. The normalized spacial score (nSPS) is 11.0. The van der Waals surface area contributed by atoms with Crippen molar-refractivity contribution in [1.82, 2.24) is 9.71 Å². The summed E-state index contributed by atoms with van der Waals surface area (Å²) in [5, 5.41) is 17.4. The molecule has 0 radical (unpaired) electrons. The number of pyridine rings is 1. The zero-order chi connectivity index (χ0) is 15.5. The third kappa shape index (κ3) is 3.63. The van der Waals surface area contributed by atoms with Gasteiger partial charge in [0.2, 0.25) is 10.0 Å². The van der Waals surface area contributed by atoms with Gasteiger partial charge in [-0.15, -0.1) is 11.3 Å². The summed E-state index contributed by atoms with van der Waals surface area (Å²) in [4.78, 5) is 14.6. The molecule has 0 aliphatic carbocycles. The predicted molar refractivity (Wildman–Crippen MR) is 74.3 cm³/mol. The summed E-state index contributed by atoms with van der Waals surface area (Å²) in [6, 6.07) is 7.44. The van der Waals surface area contributed by atoms with E-state index >= 15 is 0 Å². The van der Waals surface area contributed by atoms with Gasteiger partial charge < -0.3 is 5.11 Å². The van der Waals surface area contributed by atoms with Crippen LogP contribution < -0.4 is 4.72 Å². The van der Waals surface area contributed by atoms with Crippen LogP contribution in [0.1, 0.15) is 20.9 Å². The van der Waals surface area contributed by atoms with E-state index in [0.29, 0.717) is 10.4 Å². The lowest BCUT2D eigenvalue weighted by molar-refractivity contribution is 0.0690. The molecule has 7 nitrogen and oxygen atoms in total. The van der Waals surface area contributed by atoms with Gasteiger partial charge in [0, 0.05) is 12.7 Å². The van der Waals surface area contributed by atoms with E-state index in [1.54, 1.807) is 0 Å². The Labute approximate surface area is 124 Å². The van der Waals surface area contributed by atoms with Crippen molar-refractivity contribution in [2.24, 2.45) is 0 Å². The van der Waals surface area contributed by atoms with E-state index in [9.17, 15) is 13.2 Å². The minimum atomic E-state index is -3.70. The van der Waals surface area contributed by atoms with E-state index < -0.39 is 16.0 Å². The predicted octanol–water partition coefficient (Wildman–Crippen LogP) is 1.19. The summed E-state index contributed by atoms with van der Waals surface area (Å²) in [5.41, 5.74) is 0.416. The van der Waals surface area contributed by atoms with Crippen LogP contribution in [0, 0.1) is 11.3 Å². The molecule has 0 saturated heterocycles. The first kappa shape index (κ1) is 15.1. The number of hydrogen-bond donors (Lipinski definition) is 2. The van der Waals surface area contributed by atoms with E-state index in [0.717, 1.165) is 11.3 Å². The van der Waals surface area contributed by atoms with Crippen LogP contribution >= 0.6 is 11.3 Å². The largest absolute Gasteiger partial charge is 0.477 e. The first-order valence-electron chi connectivity index (χ1n) is 5.60. The van der Waals surface area contributed by atoms with Gasteiger partial charge in [0.05, 0.1) is 0 Å². The number of carbonyl (C=O) groups is 1. The Morgan fingerprint density at radius 3 is 2.67 bits per heavy atom. The van der Waals surface area contributed by atoms with Crippen LogP contribution in [0.25, 0.3) is 0 Å². The number of sulfonamides is 1. The van der Waals surface area contributed by atoms with Gasteiger partial charge in [-0.2, -0.15) is 5.26 Å². The highest BCUT2D eigenvalue weighted by Crippen LogP contribution is 2.20. The second-order valence-corrected chi connectivity index (χ2v) is 6.99. The Balaban J connectivity index is 2.08. The number of nitrogens with zero attached hydrogens (tertiary/aromatic N) is 2. The van der Waals surface area contributed by atoms with Gasteiger partial charge >= 0.3 is 5.97 Å². The average Bonchev–Trinajstić information content (AvgIpc) is 2.95. The molecule has 0 amide bonds. The third-order valence-electron chi connectivity index (χ3n) is 2.47. The van der Waals surface area contributed by atoms with Gasteiger partial charge in [-0.3, -0.25) is 0 Å². The van der Waals surface area contributed by atoms with Crippen molar-refractivity contribution < 1.29 is 18.3 Å². The zero-order valence-corrected chi connectivity index (χ0v) is 12.1. The molecule has 0 saturated carbocycles. The van der Waals surface area contributed by atoms with Gasteiger partial charge in [0.1, 0.15) is 20.8 Å². The molecule has 2 heterocycles. The molecule has 9 heteroatoms. The highest BCUT2D eigenvalue weighted by Gasteiger charge is 2.16. The van der Waals surface area contributed by atoms with Gasteiger partial charge in [-0.05, 0) is 23.8 Å². The monoisotopic (exact) mass is 323 g/mol. The molecule has 0 bridgehead atoms. The number of carboxylic acid groups (broad SMARTS) is 1. The molecule has 0 spiro atoms. The number of hydrogen-bond acceptors (Lipinski definition) is 6. The number of carboxylic acids is 1. The number of aromatic nitrogens is 1. The summed E-state index contributed by atoms with van der Waals surface area (Å²) in [7, 11) is -3.70. The van der Waals surface area contributed by atoms with E-state index in [1.165, 1.54) is 30.5 Å². The van der Waals surface area contributed by atoms with Gasteiger partial charge in [-0.25, -0.2) is 22.9 Å². The Hall–Kier alpha value is -2.28. The van der Waals surface area contributed by atoms with Crippen molar-refractivity contribution in [3.8, 4) is 6.07 Å². The van der Waals surface area contributed by atoms with Crippen LogP contribution in [-0.4, -0.2) is 24.5 Å². The zero-order valence-electron chi connectivity index (χ0n) is 10.5. The molecule has 0 unspecified atom stereocenters. The first-order valence-corrected chi connectivity index (χ1v) is 7.90. The molecule has 0 aliphatic heterocycles. The van der Waals surface area contributed by atoms with Crippen LogP contribution in [0.5, 0.6) is 0 Å². The van der Waals surface area contributed by atoms with Crippen molar-refractivity contribution in [3.63, 3.8) is 0 Å². The SMILES string of the molecule is N#Cc1ccc(S(=O)(=O)NCc2ccc(C(=O)O)nc2)s1. The van der Waals surface area contributed by atoms with Crippen molar-refractivity contribution in [3.05, 3.63) is 46.6 Å². The molecule has 0 aliphatic rings. The fraction of sp³-hybridized carbons (Fsp3) is 0.0833. The molecule has 2 aromatic heterocycles.